The smallest absolute Gasteiger partial charge is 0.307 e. The second kappa shape index (κ2) is 10.2. The highest BCUT2D eigenvalue weighted by Crippen LogP contribution is 2.20. The van der Waals surface area contributed by atoms with Gasteiger partial charge in [0.2, 0.25) is 11.8 Å². The molecule has 1 aliphatic rings. The van der Waals surface area contributed by atoms with Gasteiger partial charge in [-0.05, 0) is 31.5 Å². The van der Waals surface area contributed by atoms with Gasteiger partial charge >= 0.3 is 5.97 Å². The Morgan fingerprint density at radius 1 is 1.10 bits per heavy atom. The lowest BCUT2D eigenvalue weighted by Crippen LogP contribution is -2.50. The van der Waals surface area contributed by atoms with E-state index in [1.54, 1.807) is 28.0 Å². The Labute approximate surface area is 175 Å². The van der Waals surface area contributed by atoms with E-state index in [-0.39, 0.29) is 24.7 Å². The van der Waals surface area contributed by atoms with Gasteiger partial charge < -0.3 is 19.9 Å². The van der Waals surface area contributed by atoms with E-state index >= 15 is 0 Å². The zero-order chi connectivity index (χ0) is 21.6. The molecule has 1 fully saturated rings. The first-order valence-electron chi connectivity index (χ1n) is 9.47. The summed E-state index contributed by atoms with van der Waals surface area (Å²) in [6, 6.07) is 5.11. The van der Waals surface area contributed by atoms with Crippen molar-refractivity contribution in [3.63, 3.8) is 0 Å². The Morgan fingerprint density at radius 3 is 2.34 bits per heavy atom. The maximum Gasteiger partial charge on any atom is 0.307 e. The molecule has 2 rings (SSSR count). The first kappa shape index (κ1) is 22.7. The van der Waals surface area contributed by atoms with Crippen molar-refractivity contribution in [3.8, 4) is 0 Å². The molecule has 8 nitrogen and oxygen atoms in total. The maximum atomic E-state index is 12.2. The number of benzene rings is 1. The van der Waals surface area contributed by atoms with Gasteiger partial charge in [0.05, 0.1) is 6.42 Å². The molecule has 29 heavy (non-hydrogen) atoms. The molecule has 1 saturated heterocycles. The lowest BCUT2D eigenvalue weighted by molar-refractivity contribution is -0.154. The van der Waals surface area contributed by atoms with Gasteiger partial charge in [0.1, 0.15) is 0 Å². The predicted octanol–water partition coefficient (Wildman–Crippen LogP) is 1.99. The van der Waals surface area contributed by atoms with Gasteiger partial charge in [-0.2, -0.15) is 0 Å². The van der Waals surface area contributed by atoms with Crippen molar-refractivity contribution in [1.82, 2.24) is 9.80 Å². The Hall–Kier alpha value is -2.61. The minimum atomic E-state index is -1.00. The van der Waals surface area contributed by atoms with E-state index in [0.717, 1.165) is 5.56 Å². The molecule has 1 aromatic rings. The Morgan fingerprint density at radius 2 is 1.72 bits per heavy atom. The number of nitrogens with zero attached hydrogens (tertiary/aromatic N) is 2. The van der Waals surface area contributed by atoms with E-state index in [2.05, 4.69) is 5.32 Å². The number of anilines is 1. The van der Waals surface area contributed by atoms with Crippen molar-refractivity contribution in [1.29, 1.82) is 0 Å². The topological polar surface area (TPSA) is 96.0 Å². The molecule has 9 heteroatoms. The highest BCUT2D eigenvalue weighted by molar-refractivity contribution is 6.31. The van der Waals surface area contributed by atoms with Crippen molar-refractivity contribution in [2.45, 2.75) is 39.7 Å². The quantitative estimate of drug-likeness (QED) is 0.706. The average Bonchev–Trinajstić information content (AvgIpc) is 2.68. The maximum absolute atomic E-state index is 12.2. The van der Waals surface area contributed by atoms with Gasteiger partial charge in [-0.1, -0.05) is 17.7 Å². The van der Waals surface area contributed by atoms with Gasteiger partial charge in [-0.25, -0.2) is 0 Å². The van der Waals surface area contributed by atoms with Crippen molar-refractivity contribution < 1.29 is 23.9 Å². The van der Waals surface area contributed by atoms with Crippen LogP contribution in [0.2, 0.25) is 5.02 Å². The molecular weight excluding hydrogens is 398 g/mol. The highest BCUT2D eigenvalue weighted by atomic mass is 35.5. The highest BCUT2D eigenvalue weighted by Gasteiger charge is 2.24. The van der Waals surface area contributed by atoms with E-state index in [4.69, 9.17) is 16.3 Å². The van der Waals surface area contributed by atoms with Crippen LogP contribution >= 0.6 is 11.6 Å². The normalized spacial score (nSPS) is 14.9. The molecule has 0 spiro atoms. The average molecular weight is 424 g/mol. The van der Waals surface area contributed by atoms with Gasteiger partial charge in [-0.15, -0.1) is 0 Å². The number of carbonyl (C=O) groups is 4. The zero-order valence-electron chi connectivity index (χ0n) is 16.9. The third-order valence-electron chi connectivity index (χ3n) is 4.76. The number of esters is 1. The number of hydrogen-bond donors (Lipinski definition) is 1. The second-order valence-corrected chi connectivity index (χ2v) is 7.40. The Bertz CT molecular complexity index is 790. The summed E-state index contributed by atoms with van der Waals surface area (Å²) in [5.74, 6) is -1.28. The Balaban J connectivity index is 1.75. The monoisotopic (exact) mass is 423 g/mol. The van der Waals surface area contributed by atoms with Gasteiger partial charge in [0.25, 0.3) is 5.91 Å². The fraction of sp³-hybridized carbons (Fsp3) is 0.500. The molecule has 0 radical (unpaired) electrons. The largest absolute Gasteiger partial charge is 0.453 e. The zero-order valence-corrected chi connectivity index (χ0v) is 17.6. The molecule has 0 saturated carbocycles. The van der Waals surface area contributed by atoms with Crippen LogP contribution in [0.1, 0.15) is 32.3 Å². The van der Waals surface area contributed by atoms with Crippen LogP contribution in [-0.4, -0.2) is 65.8 Å². The van der Waals surface area contributed by atoms with Crippen LogP contribution < -0.4 is 5.32 Å². The van der Waals surface area contributed by atoms with E-state index in [9.17, 15) is 19.2 Å². The van der Waals surface area contributed by atoms with Gasteiger partial charge in [-0.3, -0.25) is 19.2 Å². The summed E-state index contributed by atoms with van der Waals surface area (Å²) in [4.78, 5) is 51.1. The summed E-state index contributed by atoms with van der Waals surface area (Å²) >= 11 is 5.93. The predicted molar refractivity (Wildman–Crippen MR) is 108 cm³/mol. The summed E-state index contributed by atoms with van der Waals surface area (Å²) in [7, 11) is 0. The minimum absolute atomic E-state index is 0.000640. The van der Waals surface area contributed by atoms with Crippen LogP contribution in [0.5, 0.6) is 0 Å². The number of carbonyl (C=O) groups excluding carboxylic acids is 4. The lowest BCUT2D eigenvalue weighted by Gasteiger charge is -2.34. The fourth-order valence-corrected chi connectivity index (χ4v) is 3.08. The first-order chi connectivity index (χ1) is 13.7. The molecule has 1 aliphatic heterocycles. The number of ether oxygens (including phenoxy) is 1. The van der Waals surface area contributed by atoms with E-state index in [1.807, 2.05) is 6.92 Å². The minimum Gasteiger partial charge on any atom is -0.453 e. The molecule has 158 valence electrons. The molecule has 1 aromatic carbocycles. The SMILES string of the molecule is CC(=O)N1CCN(C(=O)CCC(=O)O[C@@H](C)C(=O)Nc2cc(Cl)ccc2C)CC1. The molecule has 1 N–H and O–H groups in total. The van der Waals surface area contributed by atoms with Crippen molar-refractivity contribution in [2.75, 3.05) is 31.5 Å². The molecule has 0 unspecified atom stereocenters. The van der Waals surface area contributed by atoms with Crippen LogP contribution in [0.15, 0.2) is 18.2 Å². The third-order valence-corrected chi connectivity index (χ3v) is 4.99. The number of piperazine rings is 1. The fourth-order valence-electron chi connectivity index (χ4n) is 2.91. The number of halogens is 1. The lowest BCUT2D eigenvalue weighted by atomic mass is 10.2. The molecule has 0 bridgehead atoms. The van der Waals surface area contributed by atoms with Crippen LogP contribution in [0, 0.1) is 6.92 Å². The molecule has 0 aromatic heterocycles. The van der Waals surface area contributed by atoms with Crippen molar-refractivity contribution in [2.24, 2.45) is 0 Å². The van der Waals surface area contributed by atoms with Crippen molar-refractivity contribution in [3.05, 3.63) is 28.8 Å². The molecule has 1 heterocycles. The Kier molecular flexibility index (Phi) is 8.01. The molecule has 1 atom stereocenters. The van der Waals surface area contributed by atoms with E-state index in [0.29, 0.717) is 36.9 Å². The summed E-state index contributed by atoms with van der Waals surface area (Å²) < 4.78 is 5.13. The van der Waals surface area contributed by atoms with E-state index in [1.165, 1.54) is 13.8 Å². The molecule has 3 amide bonds. The summed E-state index contributed by atoms with van der Waals surface area (Å²) in [6.45, 7) is 6.67. The molecular formula is C20H26ClN3O5. The molecule has 0 aliphatic carbocycles. The number of rotatable bonds is 6. The van der Waals surface area contributed by atoms with Crippen LogP contribution in [0.3, 0.4) is 0 Å². The third kappa shape index (κ3) is 6.74. The number of amides is 3. The second-order valence-electron chi connectivity index (χ2n) is 6.97. The number of hydrogen-bond acceptors (Lipinski definition) is 5. The van der Waals surface area contributed by atoms with Crippen LogP contribution in [-0.2, 0) is 23.9 Å². The van der Waals surface area contributed by atoms with Crippen molar-refractivity contribution >= 4 is 41.0 Å². The van der Waals surface area contributed by atoms with Crippen LogP contribution in [0.4, 0.5) is 5.69 Å². The van der Waals surface area contributed by atoms with Crippen LogP contribution in [0.25, 0.3) is 0 Å². The van der Waals surface area contributed by atoms with Gasteiger partial charge in [0, 0.05) is 50.2 Å². The van der Waals surface area contributed by atoms with Gasteiger partial charge in [0.15, 0.2) is 6.10 Å². The number of nitrogens with one attached hydrogen (secondary N) is 1. The summed E-state index contributed by atoms with van der Waals surface area (Å²) in [5, 5.41) is 3.16. The van der Waals surface area contributed by atoms with E-state index < -0.39 is 18.0 Å². The number of aryl methyl sites for hydroxylation is 1. The first-order valence-corrected chi connectivity index (χ1v) is 9.85. The summed E-state index contributed by atoms with van der Waals surface area (Å²) in [5.41, 5.74) is 1.38. The standard InChI is InChI=1S/C20H26ClN3O5/c1-13-4-5-16(21)12-17(13)22-20(28)14(2)29-19(27)7-6-18(26)24-10-8-23(9-11-24)15(3)25/h4-5,12,14H,6-11H2,1-3H3,(H,22,28)/t14-/m0/s1. The summed E-state index contributed by atoms with van der Waals surface area (Å²) in [6.07, 6.45) is -1.12.